The van der Waals surface area contributed by atoms with Gasteiger partial charge in [-0.15, -0.1) is 0 Å². The number of anilines is 1. The fourth-order valence-corrected chi connectivity index (χ4v) is 4.16. The number of thioether (sulfide) groups is 1. The van der Waals surface area contributed by atoms with E-state index < -0.39 is 0 Å². The lowest BCUT2D eigenvalue weighted by atomic mass is 10.1. The third-order valence-electron chi connectivity index (χ3n) is 4.39. The summed E-state index contributed by atoms with van der Waals surface area (Å²) < 4.78 is 5.25. The third kappa shape index (κ3) is 4.62. The van der Waals surface area contributed by atoms with E-state index in [1.807, 2.05) is 6.20 Å². The first kappa shape index (κ1) is 18.4. The average molecular weight is 367 g/mol. The van der Waals surface area contributed by atoms with Gasteiger partial charge in [-0.2, -0.15) is 11.8 Å². The number of aromatic amines is 1. The molecule has 2 aromatic heterocycles. The Labute approximate surface area is 150 Å². The van der Waals surface area contributed by atoms with Crippen LogP contribution in [0, 0.1) is 5.92 Å². The molecule has 0 aliphatic carbocycles. The summed E-state index contributed by atoms with van der Waals surface area (Å²) in [5.74, 6) is 2.49. The first-order chi connectivity index (χ1) is 12.2. The van der Waals surface area contributed by atoms with Crippen molar-refractivity contribution in [1.29, 1.82) is 0 Å². The second kappa shape index (κ2) is 8.81. The highest BCUT2D eigenvalue weighted by Gasteiger charge is 2.31. The quantitative estimate of drug-likeness (QED) is 0.460. The number of H-pyrrole nitrogens is 1. The summed E-state index contributed by atoms with van der Waals surface area (Å²) in [4.78, 5) is 13.7. The zero-order valence-corrected chi connectivity index (χ0v) is 14.9. The van der Waals surface area contributed by atoms with Crippen LogP contribution in [0.15, 0.2) is 12.5 Å². The predicted octanol–water partition coefficient (Wildman–Crippen LogP) is 0.0749. The van der Waals surface area contributed by atoms with Crippen LogP contribution >= 0.6 is 11.8 Å². The van der Waals surface area contributed by atoms with E-state index in [0.717, 1.165) is 41.2 Å². The summed E-state index contributed by atoms with van der Waals surface area (Å²) in [6.45, 7) is 3.34. The average Bonchev–Trinajstić information content (AvgIpc) is 3.16. The number of hydrogen-bond donors (Lipinski definition) is 4. The van der Waals surface area contributed by atoms with Gasteiger partial charge >= 0.3 is 0 Å². The summed E-state index contributed by atoms with van der Waals surface area (Å²) in [5.41, 5.74) is 8.55. The number of rotatable bonds is 9. The van der Waals surface area contributed by atoms with E-state index in [1.54, 1.807) is 11.8 Å². The summed E-state index contributed by atoms with van der Waals surface area (Å²) >= 11 is 1.78. The number of nitrogens with one attached hydrogen (secondary N) is 1. The molecule has 5 N–H and O–H groups in total. The third-order valence-corrected chi connectivity index (χ3v) is 5.51. The molecule has 0 amide bonds. The van der Waals surface area contributed by atoms with Crippen molar-refractivity contribution in [3.63, 3.8) is 0 Å². The Bertz CT molecular complexity index is 683. The minimum Gasteiger partial charge on any atom is -0.394 e. The minimum atomic E-state index is -0.309. The molecular weight excluding hydrogens is 342 g/mol. The van der Waals surface area contributed by atoms with Gasteiger partial charge in [0.2, 0.25) is 0 Å². The van der Waals surface area contributed by atoms with Crippen LogP contribution in [0.2, 0.25) is 0 Å². The lowest BCUT2D eigenvalue weighted by Gasteiger charge is -2.15. The fourth-order valence-electron chi connectivity index (χ4n) is 3.13. The molecule has 1 aliphatic rings. The molecule has 0 aromatic carbocycles. The van der Waals surface area contributed by atoms with Gasteiger partial charge in [-0.25, -0.2) is 9.97 Å². The number of nitrogens with zero attached hydrogens (tertiary/aromatic N) is 3. The van der Waals surface area contributed by atoms with Crippen molar-refractivity contribution < 1.29 is 14.9 Å². The Balaban J connectivity index is 1.49. The van der Waals surface area contributed by atoms with E-state index in [0.29, 0.717) is 25.6 Å². The zero-order chi connectivity index (χ0) is 17.6. The summed E-state index contributed by atoms with van der Waals surface area (Å²) in [6, 6.07) is 0. The fraction of sp³-hybridized carbons (Fsp3) is 0.625. The molecule has 3 heterocycles. The Morgan fingerprint density at radius 2 is 2.24 bits per heavy atom. The molecule has 2 aromatic rings. The molecule has 25 heavy (non-hydrogen) atoms. The van der Waals surface area contributed by atoms with E-state index in [-0.39, 0.29) is 18.6 Å². The number of likely N-dealkylation sites (tertiary alicyclic amines) is 1. The van der Waals surface area contributed by atoms with Gasteiger partial charge in [0.15, 0.2) is 5.82 Å². The molecule has 138 valence electrons. The van der Waals surface area contributed by atoms with Gasteiger partial charge in [-0.3, -0.25) is 4.90 Å². The van der Waals surface area contributed by atoms with E-state index >= 15 is 0 Å². The molecule has 2 atom stereocenters. The van der Waals surface area contributed by atoms with Gasteiger partial charge in [0.25, 0.3) is 0 Å². The predicted molar refractivity (Wildman–Crippen MR) is 98.3 cm³/mol. The monoisotopic (exact) mass is 367 g/mol. The number of nitrogens with two attached hydrogens (primary N) is 1. The molecule has 0 bridgehead atoms. The largest absolute Gasteiger partial charge is 0.394 e. The van der Waals surface area contributed by atoms with Crippen LogP contribution in [0.3, 0.4) is 0 Å². The molecule has 1 saturated heterocycles. The molecule has 0 spiro atoms. The minimum absolute atomic E-state index is 0.0609. The van der Waals surface area contributed by atoms with Gasteiger partial charge in [-0.1, -0.05) is 0 Å². The zero-order valence-electron chi connectivity index (χ0n) is 14.1. The Kier molecular flexibility index (Phi) is 6.49. The van der Waals surface area contributed by atoms with Gasteiger partial charge in [0, 0.05) is 43.1 Å². The van der Waals surface area contributed by atoms with Crippen molar-refractivity contribution >= 4 is 28.6 Å². The van der Waals surface area contributed by atoms with E-state index in [9.17, 15) is 5.11 Å². The van der Waals surface area contributed by atoms with Crippen LogP contribution in [0.1, 0.15) is 5.56 Å². The van der Waals surface area contributed by atoms with Crippen LogP contribution in [-0.2, 0) is 11.3 Å². The number of aliphatic hydroxyl groups excluding tert-OH is 2. The lowest BCUT2D eigenvalue weighted by molar-refractivity contribution is 0.103. The van der Waals surface area contributed by atoms with Crippen molar-refractivity contribution in [2.24, 2.45) is 5.92 Å². The first-order valence-electron chi connectivity index (χ1n) is 8.42. The second-order valence-corrected chi connectivity index (χ2v) is 7.38. The van der Waals surface area contributed by atoms with Gasteiger partial charge in [0.05, 0.1) is 31.4 Å². The highest BCUT2D eigenvalue weighted by molar-refractivity contribution is 7.99. The SMILES string of the molecule is Nc1ncnc2c(CN3C[C@H](CSCCOCCO)[C@@H](O)C3)c[nH]c12. The van der Waals surface area contributed by atoms with E-state index in [4.69, 9.17) is 15.6 Å². The van der Waals surface area contributed by atoms with Crippen LogP contribution in [0.25, 0.3) is 11.0 Å². The normalized spacial score (nSPS) is 21.4. The van der Waals surface area contributed by atoms with Crippen molar-refractivity contribution in [2.45, 2.75) is 12.6 Å². The maximum Gasteiger partial charge on any atom is 0.151 e. The van der Waals surface area contributed by atoms with Crippen molar-refractivity contribution in [2.75, 3.05) is 50.1 Å². The summed E-state index contributed by atoms with van der Waals surface area (Å²) in [6.07, 6.45) is 3.09. The van der Waals surface area contributed by atoms with Crippen LogP contribution in [-0.4, -0.2) is 80.6 Å². The Morgan fingerprint density at radius 3 is 3.08 bits per heavy atom. The first-order valence-corrected chi connectivity index (χ1v) is 9.57. The smallest absolute Gasteiger partial charge is 0.151 e. The molecule has 0 unspecified atom stereocenters. The number of aromatic nitrogens is 3. The van der Waals surface area contributed by atoms with Crippen molar-refractivity contribution in [3.05, 3.63) is 18.1 Å². The molecule has 0 radical (unpaired) electrons. The maximum atomic E-state index is 10.3. The standard InChI is InChI=1S/C16H25N5O3S/c17-16-15-14(19-10-20-16)11(5-18-15)6-21-7-12(13(23)8-21)9-25-4-3-24-2-1-22/h5,10,12-13,18,22-23H,1-4,6-9H2,(H2,17,19,20)/t12-,13+/m1/s1. The number of aliphatic hydroxyl groups is 2. The highest BCUT2D eigenvalue weighted by Crippen LogP contribution is 2.26. The van der Waals surface area contributed by atoms with Crippen molar-refractivity contribution in [1.82, 2.24) is 19.9 Å². The molecule has 0 saturated carbocycles. The number of β-amino-alcohol motifs (C(OH)–C–C–N with tert-alkyl or cyclic N) is 1. The number of ether oxygens (including phenoxy) is 1. The number of nitrogen functional groups attached to an aromatic ring is 1. The second-order valence-electron chi connectivity index (χ2n) is 6.23. The summed E-state index contributed by atoms with van der Waals surface area (Å²) in [5, 5.41) is 19.0. The van der Waals surface area contributed by atoms with Crippen LogP contribution < -0.4 is 5.73 Å². The van der Waals surface area contributed by atoms with Gasteiger partial charge in [-0.05, 0) is 5.75 Å². The Hall–Kier alpha value is -1.39. The topological polar surface area (TPSA) is 121 Å². The Morgan fingerprint density at radius 1 is 1.36 bits per heavy atom. The van der Waals surface area contributed by atoms with Gasteiger partial charge in [0.1, 0.15) is 11.8 Å². The maximum absolute atomic E-state index is 10.3. The molecule has 8 nitrogen and oxygen atoms in total. The van der Waals surface area contributed by atoms with E-state index in [1.165, 1.54) is 6.33 Å². The molecule has 3 rings (SSSR count). The summed E-state index contributed by atoms with van der Waals surface area (Å²) in [7, 11) is 0. The van der Waals surface area contributed by atoms with Crippen LogP contribution in [0.4, 0.5) is 5.82 Å². The van der Waals surface area contributed by atoms with Crippen molar-refractivity contribution in [3.8, 4) is 0 Å². The van der Waals surface area contributed by atoms with Crippen LogP contribution in [0.5, 0.6) is 0 Å². The highest BCUT2D eigenvalue weighted by atomic mass is 32.2. The number of fused-ring (bicyclic) bond motifs is 1. The molecular formula is C16H25N5O3S. The molecule has 1 fully saturated rings. The van der Waals surface area contributed by atoms with E-state index in [2.05, 4.69) is 19.9 Å². The molecule has 9 heteroatoms. The van der Waals surface area contributed by atoms with Gasteiger partial charge < -0.3 is 25.7 Å². The number of hydrogen-bond acceptors (Lipinski definition) is 8. The molecule has 1 aliphatic heterocycles. The lowest BCUT2D eigenvalue weighted by Crippen LogP contribution is -2.21.